The van der Waals surface area contributed by atoms with Crippen molar-refractivity contribution < 1.29 is 4.42 Å². The van der Waals surface area contributed by atoms with Crippen LogP contribution in [0, 0.1) is 0 Å². The molecule has 1 aromatic heterocycles. The molecule has 0 radical (unpaired) electrons. The van der Waals surface area contributed by atoms with Crippen LogP contribution >= 0.6 is 11.6 Å². The lowest BCUT2D eigenvalue weighted by Crippen LogP contribution is -2.09. The maximum atomic E-state index is 5.72. The Balaban J connectivity index is 0.00000121. The minimum Gasteiger partial charge on any atom is -0.467 e. The van der Waals surface area contributed by atoms with Crippen molar-refractivity contribution in [2.75, 3.05) is 0 Å². The Hall–Kier alpha value is -1.55. The van der Waals surface area contributed by atoms with E-state index in [4.69, 9.17) is 21.8 Å². The maximum Gasteiger partial charge on any atom is 0.217 e. The molecule has 0 aliphatic rings. The van der Waals surface area contributed by atoms with Gasteiger partial charge in [-0.15, -0.1) is 0 Å². The second-order valence-electron chi connectivity index (χ2n) is 2.69. The second-order valence-corrected chi connectivity index (χ2v) is 3.08. The number of aliphatic imine (C=N–C) groups is 2. The van der Waals surface area contributed by atoms with E-state index in [0.29, 0.717) is 11.7 Å². The Bertz CT molecular complexity index is 380. The fraction of sp³-hybridized carbons (Fsp3) is 0.333. The molecule has 1 rings (SSSR count). The Morgan fingerprint density at radius 1 is 1.53 bits per heavy atom. The normalized spacial score (nSPS) is 12.5. The van der Waals surface area contributed by atoms with E-state index in [9.17, 15) is 0 Å². The summed E-state index contributed by atoms with van der Waals surface area (Å²) in [5.74, 6) is 0.866. The molecule has 0 aliphatic carbocycles. The predicted molar refractivity (Wildman–Crippen MR) is 73.5 cm³/mol. The first kappa shape index (κ1) is 15.4. The molecule has 0 saturated heterocycles. The minimum absolute atomic E-state index is 0.134. The van der Waals surface area contributed by atoms with Crippen LogP contribution in [0.4, 0.5) is 0 Å². The first-order valence-corrected chi connectivity index (χ1v) is 5.79. The standard InChI is InChI=1S/C10H12ClN3O.C2H6/c1-2-4-9(11)14-10(12)13-7-8-5-3-6-15-8;1-2/h2-6H,7H2,1H3,(H2,12,13);1-2H3/b4-2+,14-9+;. The molecule has 17 heavy (non-hydrogen) atoms. The van der Waals surface area contributed by atoms with Crippen molar-refractivity contribution in [3.05, 3.63) is 36.3 Å². The molecular formula is C12H18ClN3O. The molecule has 5 heteroatoms. The Morgan fingerprint density at radius 2 is 2.24 bits per heavy atom. The number of hydrogen-bond acceptors (Lipinski definition) is 2. The quantitative estimate of drug-likeness (QED) is 0.665. The van der Waals surface area contributed by atoms with Crippen LogP contribution in [0.15, 0.2) is 44.9 Å². The van der Waals surface area contributed by atoms with E-state index in [0.717, 1.165) is 5.76 Å². The van der Waals surface area contributed by atoms with Crippen LogP contribution in [0.25, 0.3) is 0 Å². The molecule has 0 atom stereocenters. The summed E-state index contributed by atoms with van der Waals surface area (Å²) in [5.41, 5.74) is 5.52. The van der Waals surface area contributed by atoms with Crippen molar-refractivity contribution in [3.63, 3.8) is 0 Å². The van der Waals surface area contributed by atoms with Crippen molar-refractivity contribution in [2.45, 2.75) is 27.3 Å². The van der Waals surface area contributed by atoms with Gasteiger partial charge in [-0.25, -0.2) is 9.98 Å². The van der Waals surface area contributed by atoms with E-state index in [1.807, 2.05) is 26.8 Å². The minimum atomic E-state index is 0.134. The predicted octanol–water partition coefficient (Wildman–Crippen LogP) is 3.33. The monoisotopic (exact) mass is 255 g/mol. The molecule has 1 aromatic rings. The van der Waals surface area contributed by atoms with Crippen molar-refractivity contribution in [2.24, 2.45) is 15.7 Å². The smallest absolute Gasteiger partial charge is 0.217 e. The highest BCUT2D eigenvalue weighted by Crippen LogP contribution is 2.01. The average Bonchev–Trinajstić information content (AvgIpc) is 2.82. The summed E-state index contributed by atoms with van der Waals surface area (Å²) in [6, 6.07) is 3.60. The van der Waals surface area contributed by atoms with Gasteiger partial charge in [0.25, 0.3) is 0 Å². The molecule has 94 valence electrons. The summed E-state index contributed by atoms with van der Waals surface area (Å²) in [7, 11) is 0. The number of allylic oxidation sites excluding steroid dienone is 2. The highest BCUT2D eigenvalue weighted by atomic mass is 35.5. The zero-order valence-corrected chi connectivity index (χ0v) is 11.1. The van der Waals surface area contributed by atoms with Gasteiger partial charge in [0.15, 0.2) is 0 Å². The van der Waals surface area contributed by atoms with Gasteiger partial charge in [-0.3, -0.25) is 0 Å². The van der Waals surface area contributed by atoms with Crippen LogP contribution in [0.1, 0.15) is 26.5 Å². The highest BCUT2D eigenvalue weighted by Gasteiger charge is 1.94. The van der Waals surface area contributed by atoms with Crippen molar-refractivity contribution in [3.8, 4) is 0 Å². The lowest BCUT2D eigenvalue weighted by molar-refractivity contribution is 0.512. The molecule has 0 saturated carbocycles. The largest absolute Gasteiger partial charge is 0.467 e. The molecule has 0 unspecified atom stereocenters. The molecule has 2 N–H and O–H groups in total. The van der Waals surface area contributed by atoms with Gasteiger partial charge in [-0.05, 0) is 25.1 Å². The summed E-state index contributed by atoms with van der Waals surface area (Å²) in [6.07, 6.45) is 4.99. The third-order valence-corrected chi connectivity index (χ3v) is 1.71. The number of guanidine groups is 1. The number of nitrogens with two attached hydrogens (primary N) is 1. The lowest BCUT2D eigenvalue weighted by Gasteiger charge is -1.93. The van der Waals surface area contributed by atoms with Crippen molar-refractivity contribution >= 4 is 22.7 Å². The number of nitrogens with zero attached hydrogens (tertiary/aromatic N) is 2. The van der Waals surface area contributed by atoms with Gasteiger partial charge in [0, 0.05) is 0 Å². The van der Waals surface area contributed by atoms with Crippen molar-refractivity contribution in [1.82, 2.24) is 0 Å². The molecule has 1 heterocycles. The molecule has 0 spiro atoms. The van der Waals surface area contributed by atoms with Gasteiger partial charge in [-0.1, -0.05) is 31.5 Å². The van der Waals surface area contributed by atoms with Crippen LogP contribution in [-0.2, 0) is 6.54 Å². The third kappa shape index (κ3) is 7.36. The Labute approximate surface area is 107 Å². The third-order valence-electron chi connectivity index (χ3n) is 1.50. The van der Waals surface area contributed by atoms with Gasteiger partial charge < -0.3 is 10.2 Å². The molecular weight excluding hydrogens is 238 g/mol. The SMILES string of the molecule is C/C=C/C(Cl)=N\C(N)=NCc1ccco1.CC. The number of hydrogen-bond donors (Lipinski definition) is 1. The molecule has 0 bridgehead atoms. The highest BCUT2D eigenvalue weighted by molar-refractivity contribution is 6.69. The van der Waals surface area contributed by atoms with Crippen LogP contribution in [0.3, 0.4) is 0 Å². The average molecular weight is 256 g/mol. The summed E-state index contributed by atoms with van der Waals surface area (Å²) in [4.78, 5) is 7.83. The molecule has 0 amide bonds. The van der Waals surface area contributed by atoms with Gasteiger partial charge in [0.2, 0.25) is 5.96 Å². The summed E-state index contributed by atoms with van der Waals surface area (Å²) in [6.45, 7) is 6.20. The topological polar surface area (TPSA) is 63.9 Å². The molecule has 0 fully saturated rings. The fourth-order valence-corrected chi connectivity index (χ4v) is 1.09. The second kappa shape index (κ2) is 9.66. The van der Waals surface area contributed by atoms with E-state index < -0.39 is 0 Å². The van der Waals surface area contributed by atoms with Gasteiger partial charge in [0.1, 0.15) is 17.5 Å². The van der Waals surface area contributed by atoms with Crippen LogP contribution in [-0.4, -0.2) is 11.1 Å². The fourth-order valence-electron chi connectivity index (χ4n) is 0.881. The van der Waals surface area contributed by atoms with E-state index >= 15 is 0 Å². The van der Waals surface area contributed by atoms with Crippen molar-refractivity contribution in [1.29, 1.82) is 0 Å². The zero-order valence-electron chi connectivity index (χ0n) is 10.4. The van der Waals surface area contributed by atoms with E-state index in [-0.39, 0.29) is 5.96 Å². The molecule has 4 nitrogen and oxygen atoms in total. The summed E-state index contributed by atoms with van der Waals surface area (Å²) < 4.78 is 5.08. The van der Waals surface area contributed by atoms with E-state index in [2.05, 4.69) is 9.98 Å². The van der Waals surface area contributed by atoms with Gasteiger partial charge in [0.05, 0.1) is 6.26 Å². The Kier molecular flexibility index (Phi) is 8.78. The Morgan fingerprint density at radius 3 is 2.76 bits per heavy atom. The number of furan rings is 1. The lowest BCUT2D eigenvalue weighted by atomic mass is 10.4. The first-order valence-electron chi connectivity index (χ1n) is 5.41. The summed E-state index contributed by atoms with van der Waals surface area (Å²) >= 11 is 5.72. The van der Waals surface area contributed by atoms with Crippen LogP contribution in [0.5, 0.6) is 0 Å². The zero-order chi connectivity index (χ0) is 13.1. The molecule has 0 aliphatic heterocycles. The van der Waals surface area contributed by atoms with E-state index in [1.54, 1.807) is 24.5 Å². The van der Waals surface area contributed by atoms with Crippen LogP contribution in [0.2, 0.25) is 0 Å². The number of halogens is 1. The number of rotatable bonds is 3. The molecule has 0 aromatic carbocycles. The van der Waals surface area contributed by atoms with Crippen LogP contribution < -0.4 is 5.73 Å². The first-order chi connectivity index (χ1) is 8.22. The van der Waals surface area contributed by atoms with E-state index in [1.165, 1.54) is 0 Å². The van der Waals surface area contributed by atoms with Gasteiger partial charge in [-0.2, -0.15) is 0 Å². The maximum absolute atomic E-state index is 5.72. The summed E-state index contributed by atoms with van der Waals surface area (Å²) in [5, 5.41) is 0.304. The van der Waals surface area contributed by atoms with Gasteiger partial charge >= 0.3 is 0 Å².